The molecule has 4 rings (SSSR count). The van der Waals surface area contributed by atoms with Gasteiger partial charge >= 0.3 is 0 Å². The van der Waals surface area contributed by atoms with Gasteiger partial charge in [0.05, 0.1) is 10.6 Å². The minimum absolute atomic E-state index is 0.742. The topological polar surface area (TPSA) is 32.5 Å². The summed E-state index contributed by atoms with van der Waals surface area (Å²) in [6.45, 7) is 11.1. The van der Waals surface area contributed by atoms with Crippen molar-refractivity contribution in [1.82, 2.24) is 14.8 Å². The molecule has 0 bridgehead atoms. The quantitative estimate of drug-likeness (QED) is 0.836. The average molecular weight is 346 g/mol. The second kappa shape index (κ2) is 6.62. The molecule has 0 amide bonds. The molecule has 130 valence electrons. The Morgan fingerprint density at radius 3 is 2.83 bits per heavy atom. The van der Waals surface area contributed by atoms with Crippen molar-refractivity contribution in [3.8, 4) is 10.8 Å². The zero-order valence-corrected chi connectivity index (χ0v) is 15.7. The maximum Gasteiger partial charge on any atom is 0.237 e. The van der Waals surface area contributed by atoms with Gasteiger partial charge in [0, 0.05) is 31.7 Å². The van der Waals surface area contributed by atoms with Gasteiger partial charge < -0.3 is 4.42 Å². The Morgan fingerprint density at radius 1 is 1.29 bits per heavy atom. The summed E-state index contributed by atoms with van der Waals surface area (Å²) in [4.78, 5) is 11.2. The Hall–Kier alpha value is -1.17. The number of likely N-dealkylation sites (tertiary alicyclic amines) is 2. The summed E-state index contributed by atoms with van der Waals surface area (Å²) in [5.41, 5.74) is 2.35. The molecule has 0 radical (unpaired) electrons. The van der Waals surface area contributed by atoms with Gasteiger partial charge in [-0.05, 0) is 57.2 Å². The maximum absolute atomic E-state index is 5.93. The zero-order valence-electron chi connectivity index (χ0n) is 14.9. The first kappa shape index (κ1) is 16.3. The third-order valence-corrected chi connectivity index (χ3v) is 6.59. The maximum atomic E-state index is 5.93. The van der Waals surface area contributed by atoms with Crippen LogP contribution in [0.5, 0.6) is 0 Å². The van der Waals surface area contributed by atoms with Gasteiger partial charge in [0.1, 0.15) is 5.76 Å². The van der Waals surface area contributed by atoms with Crippen LogP contribution in [-0.4, -0.2) is 46.5 Å². The van der Waals surface area contributed by atoms with Crippen LogP contribution in [0.3, 0.4) is 0 Å². The number of aryl methyl sites for hydroxylation is 2. The monoisotopic (exact) mass is 345 g/mol. The number of nitrogens with zero attached hydrogens (tertiary/aromatic N) is 3. The lowest BCUT2D eigenvalue weighted by Gasteiger charge is -2.49. The number of oxazole rings is 1. The Bertz CT molecular complexity index is 701. The molecule has 2 aromatic rings. The zero-order chi connectivity index (χ0) is 16.7. The van der Waals surface area contributed by atoms with Crippen LogP contribution in [0.2, 0.25) is 0 Å². The molecule has 0 saturated carbocycles. The normalized spacial score (nSPS) is 23.5. The van der Waals surface area contributed by atoms with Gasteiger partial charge in [-0.2, -0.15) is 0 Å². The van der Waals surface area contributed by atoms with Crippen LogP contribution < -0.4 is 0 Å². The molecular formula is C19H27N3OS. The molecular weight excluding hydrogens is 318 g/mol. The standard InChI is InChI=1S/C19H27N3OS/c1-13-7-9-24-18(13)19-20-17(15(3)23-19)12-21-10-16(11-21)22-8-5-4-6-14(22)2/h7,9,14,16H,4-6,8,10-12H2,1-3H3. The third-order valence-electron chi connectivity index (χ3n) is 5.58. The Morgan fingerprint density at radius 2 is 2.12 bits per heavy atom. The molecule has 2 saturated heterocycles. The molecule has 2 aliphatic heterocycles. The second-order valence-corrected chi connectivity index (χ2v) is 8.30. The van der Waals surface area contributed by atoms with Crippen molar-refractivity contribution in [2.75, 3.05) is 19.6 Å². The van der Waals surface area contributed by atoms with Crippen LogP contribution in [0.25, 0.3) is 10.8 Å². The molecule has 2 aliphatic rings. The third kappa shape index (κ3) is 3.05. The number of thiophene rings is 1. The van der Waals surface area contributed by atoms with Crippen molar-refractivity contribution in [2.45, 2.75) is 58.7 Å². The van der Waals surface area contributed by atoms with Crippen molar-refractivity contribution in [1.29, 1.82) is 0 Å². The minimum Gasteiger partial charge on any atom is -0.440 e. The summed E-state index contributed by atoms with van der Waals surface area (Å²) < 4.78 is 5.93. The predicted octanol–water partition coefficient (Wildman–Crippen LogP) is 4.08. The van der Waals surface area contributed by atoms with Gasteiger partial charge in [-0.15, -0.1) is 11.3 Å². The Balaban J connectivity index is 1.37. The number of aromatic nitrogens is 1. The van der Waals surface area contributed by atoms with Gasteiger partial charge in [-0.3, -0.25) is 9.80 Å². The molecule has 1 unspecified atom stereocenters. The lowest BCUT2D eigenvalue weighted by Crippen LogP contribution is -2.61. The van der Waals surface area contributed by atoms with E-state index in [2.05, 4.69) is 35.1 Å². The van der Waals surface area contributed by atoms with Crippen molar-refractivity contribution in [2.24, 2.45) is 0 Å². The molecule has 2 aromatic heterocycles. The number of hydrogen-bond acceptors (Lipinski definition) is 5. The SMILES string of the molecule is Cc1ccsc1-c1nc(CN2CC(N3CCCCC3C)C2)c(C)o1. The highest BCUT2D eigenvalue weighted by Gasteiger charge is 2.35. The van der Waals surface area contributed by atoms with E-state index in [-0.39, 0.29) is 0 Å². The van der Waals surface area contributed by atoms with E-state index in [1.807, 2.05) is 6.92 Å². The first-order valence-corrected chi connectivity index (χ1v) is 9.98. The van der Waals surface area contributed by atoms with Crippen LogP contribution in [0.1, 0.15) is 43.2 Å². The van der Waals surface area contributed by atoms with E-state index in [0.717, 1.165) is 40.9 Å². The smallest absolute Gasteiger partial charge is 0.237 e. The Labute approximate surface area is 148 Å². The molecule has 0 N–H and O–H groups in total. The number of hydrogen-bond donors (Lipinski definition) is 0. The predicted molar refractivity (Wildman–Crippen MR) is 98.4 cm³/mol. The fraction of sp³-hybridized carbons (Fsp3) is 0.632. The molecule has 0 spiro atoms. The van der Waals surface area contributed by atoms with Gasteiger partial charge in [0.15, 0.2) is 0 Å². The fourth-order valence-corrected chi connectivity index (χ4v) is 4.87. The molecule has 2 fully saturated rings. The van der Waals surface area contributed by atoms with E-state index in [9.17, 15) is 0 Å². The van der Waals surface area contributed by atoms with E-state index in [1.54, 1.807) is 11.3 Å². The van der Waals surface area contributed by atoms with Gasteiger partial charge in [-0.1, -0.05) is 6.42 Å². The molecule has 5 heteroatoms. The molecule has 4 nitrogen and oxygen atoms in total. The van der Waals surface area contributed by atoms with Crippen molar-refractivity contribution >= 4 is 11.3 Å². The van der Waals surface area contributed by atoms with Crippen molar-refractivity contribution in [3.63, 3.8) is 0 Å². The van der Waals surface area contributed by atoms with E-state index >= 15 is 0 Å². The first-order valence-electron chi connectivity index (χ1n) is 9.10. The number of piperidine rings is 1. The van der Waals surface area contributed by atoms with E-state index in [4.69, 9.17) is 9.40 Å². The molecule has 1 atom stereocenters. The van der Waals surface area contributed by atoms with Crippen molar-refractivity contribution in [3.05, 3.63) is 28.5 Å². The highest BCUT2D eigenvalue weighted by molar-refractivity contribution is 7.13. The highest BCUT2D eigenvalue weighted by atomic mass is 32.1. The van der Waals surface area contributed by atoms with E-state index < -0.39 is 0 Å². The van der Waals surface area contributed by atoms with Crippen molar-refractivity contribution < 1.29 is 4.42 Å². The summed E-state index contributed by atoms with van der Waals surface area (Å²) in [7, 11) is 0. The van der Waals surface area contributed by atoms with Crippen LogP contribution in [-0.2, 0) is 6.54 Å². The lowest BCUT2D eigenvalue weighted by atomic mass is 9.97. The highest BCUT2D eigenvalue weighted by Crippen LogP contribution is 2.31. The molecule has 0 aromatic carbocycles. The molecule has 24 heavy (non-hydrogen) atoms. The molecule has 4 heterocycles. The van der Waals surface area contributed by atoms with Gasteiger partial charge in [0.25, 0.3) is 0 Å². The van der Waals surface area contributed by atoms with E-state index in [1.165, 1.54) is 44.5 Å². The number of rotatable bonds is 4. The average Bonchev–Trinajstić information content (AvgIpc) is 3.09. The largest absolute Gasteiger partial charge is 0.440 e. The van der Waals surface area contributed by atoms with Gasteiger partial charge in [0.2, 0.25) is 5.89 Å². The van der Waals surface area contributed by atoms with Crippen LogP contribution >= 0.6 is 11.3 Å². The summed E-state index contributed by atoms with van der Waals surface area (Å²) in [6.07, 6.45) is 4.13. The van der Waals surface area contributed by atoms with Crippen LogP contribution in [0.4, 0.5) is 0 Å². The summed E-state index contributed by atoms with van der Waals surface area (Å²) in [5.74, 6) is 1.75. The molecule has 0 aliphatic carbocycles. The summed E-state index contributed by atoms with van der Waals surface area (Å²) >= 11 is 1.71. The summed E-state index contributed by atoms with van der Waals surface area (Å²) in [5, 5.41) is 2.10. The second-order valence-electron chi connectivity index (χ2n) is 7.39. The van der Waals surface area contributed by atoms with Crippen LogP contribution in [0, 0.1) is 13.8 Å². The lowest BCUT2D eigenvalue weighted by molar-refractivity contribution is -0.00685. The summed E-state index contributed by atoms with van der Waals surface area (Å²) in [6, 6.07) is 3.62. The van der Waals surface area contributed by atoms with Gasteiger partial charge in [-0.25, -0.2) is 4.98 Å². The Kier molecular flexibility index (Phi) is 4.50. The van der Waals surface area contributed by atoms with E-state index in [0.29, 0.717) is 0 Å². The first-order chi connectivity index (χ1) is 11.6. The van der Waals surface area contributed by atoms with Crippen LogP contribution in [0.15, 0.2) is 15.9 Å². The minimum atomic E-state index is 0.742. The fourth-order valence-electron chi connectivity index (χ4n) is 4.02.